The number of fused-ring (bicyclic) bond motifs is 3. The number of nitrogens with zero attached hydrogens (tertiary/aromatic N) is 1. The number of hydrogen-bond acceptors (Lipinski definition) is 3. The van der Waals surface area contributed by atoms with Crippen LogP contribution in [-0.4, -0.2) is 12.0 Å². The molecule has 4 aromatic carbocycles. The van der Waals surface area contributed by atoms with Crippen molar-refractivity contribution in [3.8, 4) is 5.75 Å². The third-order valence-electron chi connectivity index (χ3n) is 6.59. The highest BCUT2D eigenvalue weighted by Crippen LogP contribution is 2.59. The SMILES string of the molecule is O=C1[C@@H](Oc2ccccc2)[C@]2(c3ccccc3)C[C@@H](c3ccccc3)Sc3ccccc3N12. The smallest absolute Gasteiger partial charge is 0.271 e. The van der Waals surface area contributed by atoms with Crippen LogP contribution in [0.25, 0.3) is 0 Å². The van der Waals surface area contributed by atoms with E-state index >= 15 is 0 Å². The van der Waals surface area contributed by atoms with Gasteiger partial charge < -0.3 is 4.74 Å². The van der Waals surface area contributed by atoms with Gasteiger partial charge in [0.15, 0.2) is 0 Å². The summed E-state index contributed by atoms with van der Waals surface area (Å²) in [7, 11) is 0. The van der Waals surface area contributed by atoms with E-state index in [1.807, 2.05) is 83.4 Å². The molecule has 0 aromatic heterocycles. The van der Waals surface area contributed by atoms with E-state index in [1.165, 1.54) is 5.56 Å². The largest absolute Gasteiger partial charge is 0.478 e. The maximum atomic E-state index is 13.7. The van der Waals surface area contributed by atoms with Crippen LogP contribution in [0.4, 0.5) is 5.69 Å². The summed E-state index contributed by atoms with van der Waals surface area (Å²) in [5.74, 6) is 0.719. The lowest BCUT2D eigenvalue weighted by Crippen LogP contribution is -2.74. The number of anilines is 1. The summed E-state index contributed by atoms with van der Waals surface area (Å²) in [4.78, 5) is 16.8. The highest BCUT2D eigenvalue weighted by atomic mass is 32.2. The van der Waals surface area contributed by atoms with Gasteiger partial charge in [0.05, 0.1) is 5.69 Å². The molecular formula is C29H23NO2S. The molecule has 0 aliphatic carbocycles. The molecule has 2 heterocycles. The Morgan fingerprint density at radius 2 is 1.36 bits per heavy atom. The molecule has 1 saturated heterocycles. The first kappa shape index (κ1) is 20.1. The second-order valence-electron chi connectivity index (χ2n) is 8.46. The fourth-order valence-corrected chi connectivity index (χ4v) is 6.46. The van der Waals surface area contributed by atoms with Gasteiger partial charge in [-0.1, -0.05) is 91.0 Å². The summed E-state index contributed by atoms with van der Waals surface area (Å²) in [6.45, 7) is 0. The van der Waals surface area contributed by atoms with Crippen molar-refractivity contribution in [2.45, 2.75) is 28.2 Å². The van der Waals surface area contributed by atoms with E-state index in [9.17, 15) is 4.79 Å². The van der Waals surface area contributed by atoms with Crippen molar-refractivity contribution < 1.29 is 9.53 Å². The van der Waals surface area contributed by atoms with Gasteiger partial charge in [0.25, 0.3) is 5.91 Å². The first-order valence-corrected chi connectivity index (χ1v) is 12.1. The Kier molecular flexibility index (Phi) is 4.96. The quantitative estimate of drug-likeness (QED) is 0.328. The Balaban J connectivity index is 1.55. The molecule has 3 atom stereocenters. The van der Waals surface area contributed by atoms with Gasteiger partial charge in [-0.05, 0) is 41.8 Å². The van der Waals surface area contributed by atoms with Crippen LogP contribution in [0.1, 0.15) is 22.8 Å². The van der Waals surface area contributed by atoms with Crippen LogP contribution >= 0.6 is 11.8 Å². The standard InChI is InChI=1S/C29H23NO2S/c31-28-27(32-23-16-8-3-9-17-23)29(22-14-6-2-7-15-22)20-26(21-12-4-1-5-13-21)33-25-19-11-10-18-24(25)30(28)29/h1-19,26-27H,20H2/t26-,27+,29+/m0/s1. The van der Waals surface area contributed by atoms with Crippen LogP contribution in [0.3, 0.4) is 0 Å². The van der Waals surface area contributed by atoms with E-state index < -0.39 is 11.6 Å². The zero-order valence-electron chi connectivity index (χ0n) is 18.0. The first-order chi connectivity index (χ1) is 16.3. The van der Waals surface area contributed by atoms with Gasteiger partial charge in [-0.2, -0.15) is 0 Å². The number of para-hydroxylation sites is 2. The number of carbonyl (C=O) groups is 1. The van der Waals surface area contributed by atoms with Crippen LogP contribution in [0.5, 0.6) is 5.75 Å². The average molecular weight is 450 g/mol. The van der Waals surface area contributed by atoms with Crippen LogP contribution in [0.15, 0.2) is 120 Å². The van der Waals surface area contributed by atoms with Gasteiger partial charge in [0.2, 0.25) is 6.10 Å². The normalized spacial score (nSPS) is 23.6. The van der Waals surface area contributed by atoms with Crippen LogP contribution in [-0.2, 0) is 10.3 Å². The minimum absolute atomic E-state index is 0.00414. The molecular weight excluding hydrogens is 426 g/mol. The predicted molar refractivity (Wildman–Crippen MR) is 133 cm³/mol. The molecule has 2 aliphatic heterocycles. The minimum Gasteiger partial charge on any atom is -0.478 e. The Morgan fingerprint density at radius 1 is 0.758 bits per heavy atom. The molecule has 0 spiro atoms. The van der Waals surface area contributed by atoms with Crippen molar-refractivity contribution in [2.24, 2.45) is 0 Å². The summed E-state index contributed by atoms with van der Waals surface area (Å²) < 4.78 is 6.44. The van der Waals surface area contributed by atoms with Crippen molar-refractivity contribution in [3.05, 3.63) is 126 Å². The monoisotopic (exact) mass is 449 g/mol. The summed E-state index contributed by atoms with van der Waals surface area (Å²) in [6.07, 6.45) is 0.157. The minimum atomic E-state index is -0.603. The summed E-state index contributed by atoms with van der Waals surface area (Å²) in [5.41, 5.74) is 2.72. The molecule has 4 aromatic rings. The molecule has 6 rings (SSSR count). The zero-order valence-corrected chi connectivity index (χ0v) is 18.8. The van der Waals surface area contributed by atoms with Gasteiger partial charge in [-0.25, -0.2) is 0 Å². The number of thioether (sulfide) groups is 1. The molecule has 1 amide bonds. The molecule has 2 aliphatic rings. The van der Waals surface area contributed by atoms with Gasteiger partial charge >= 0.3 is 0 Å². The second kappa shape index (κ2) is 8.13. The van der Waals surface area contributed by atoms with E-state index in [-0.39, 0.29) is 11.2 Å². The Hall–Kier alpha value is -3.50. The van der Waals surface area contributed by atoms with Crippen molar-refractivity contribution in [1.82, 2.24) is 0 Å². The molecule has 0 saturated carbocycles. The number of benzene rings is 4. The lowest BCUT2D eigenvalue weighted by Gasteiger charge is -2.57. The third kappa shape index (κ3) is 3.25. The van der Waals surface area contributed by atoms with E-state index in [0.717, 1.165) is 22.6 Å². The molecule has 0 unspecified atom stereocenters. The van der Waals surface area contributed by atoms with Gasteiger partial charge in [-0.3, -0.25) is 9.69 Å². The zero-order chi connectivity index (χ0) is 22.3. The van der Waals surface area contributed by atoms with Gasteiger partial charge in [0, 0.05) is 10.1 Å². The number of hydrogen-bond donors (Lipinski definition) is 0. The summed E-state index contributed by atoms with van der Waals surface area (Å²) >= 11 is 1.83. The molecule has 4 heteroatoms. The fourth-order valence-electron chi connectivity index (χ4n) is 5.08. The fraction of sp³-hybridized carbons (Fsp3) is 0.138. The van der Waals surface area contributed by atoms with E-state index in [1.54, 1.807) is 0 Å². The van der Waals surface area contributed by atoms with Crippen molar-refractivity contribution in [2.75, 3.05) is 4.90 Å². The molecule has 33 heavy (non-hydrogen) atoms. The second-order valence-corrected chi connectivity index (χ2v) is 9.71. The molecule has 1 fully saturated rings. The average Bonchev–Trinajstić information content (AvgIpc) is 3.02. The van der Waals surface area contributed by atoms with E-state index in [0.29, 0.717) is 5.75 Å². The third-order valence-corrected chi connectivity index (χ3v) is 7.91. The molecule has 0 radical (unpaired) electrons. The highest BCUT2D eigenvalue weighted by molar-refractivity contribution is 7.99. The van der Waals surface area contributed by atoms with Gasteiger partial charge in [0.1, 0.15) is 11.3 Å². The number of β-lactam (4-membered cyclic amide) rings is 1. The Labute approximate surface area is 198 Å². The number of ether oxygens (including phenoxy) is 1. The van der Waals surface area contributed by atoms with Gasteiger partial charge in [-0.15, -0.1) is 11.8 Å². The molecule has 0 N–H and O–H groups in total. The van der Waals surface area contributed by atoms with E-state index in [4.69, 9.17) is 4.74 Å². The summed E-state index contributed by atoms with van der Waals surface area (Å²) in [6, 6.07) is 38.9. The Morgan fingerprint density at radius 3 is 2.09 bits per heavy atom. The maximum absolute atomic E-state index is 13.7. The molecule has 3 nitrogen and oxygen atoms in total. The van der Waals surface area contributed by atoms with Crippen LogP contribution in [0.2, 0.25) is 0 Å². The number of rotatable bonds is 4. The number of amides is 1. The molecule has 162 valence electrons. The van der Waals surface area contributed by atoms with Crippen molar-refractivity contribution in [3.63, 3.8) is 0 Å². The lowest BCUT2D eigenvalue weighted by atomic mass is 9.70. The van der Waals surface area contributed by atoms with Crippen LogP contribution in [0, 0.1) is 0 Å². The topological polar surface area (TPSA) is 29.5 Å². The Bertz CT molecular complexity index is 1280. The highest BCUT2D eigenvalue weighted by Gasteiger charge is 2.65. The van der Waals surface area contributed by atoms with Crippen LogP contribution < -0.4 is 9.64 Å². The van der Waals surface area contributed by atoms with E-state index in [2.05, 4.69) is 48.5 Å². The van der Waals surface area contributed by atoms with Crippen molar-refractivity contribution >= 4 is 23.4 Å². The number of carbonyl (C=O) groups excluding carboxylic acids is 1. The van der Waals surface area contributed by atoms with Crippen molar-refractivity contribution in [1.29, 1.82) is 0 Å². The summed E-state index contributed by atoms with van der Waals surface area (Å²) in [5, 5.41) is 0.174. The maximum Gasteiger partial charge on any atom is 0.271 e. The predicted octanol–water partition coefficient (Wildman–Crippen LogP) is 6.61. The first-order valence-electron chi connectivity index (χ1n) is 11.2. The lowest BCUT2D eigenvalue weighted by molar-refractivity contribution is -0.142. The molecule has 0 bridgehead atoms.